The van der Waals surface area contributed by atoms with Crippen LogP contribution in [0.15, 0.2) is 51.8 Å². The second-order valence-electron chi connectivity index (χ2n) is 4.42. The van der Waals surface area contributed by atoms with E-state index in [0.29, 0.717) is 6.61 Å². The van der Waals surface area contributed by atoms with Gasteiger partial charge in [0.15, 0.2) is 0 Å². The third-order valence-corrected chi connectivity index (χ3v) is 3.77. The van der Waals surface area contributed by atoms with Crippen LogP contribution in [-0.2, 0) is 16.0 Å². The van der Waals surface area contributed by atoms with Crippen LogP contribution >= 0.6 is 11.3 Å². The first kappa shape index (κ1) is 15.2. The molecular formula is C17H17NO2S. The van der Waals surface area contributed by atoms with Gasteiger partial charge in [0.05, 0.1) is 6.61 Å². The second kappa shape index (κ2) is 7.55. The van der Waals surface area contributed by atoms with Crippen molar-refractivity contribution in [2.45, 2.75) is 13.3 Å². The molecule has 3 nitrogen and oxygen atoms in total. The van der Waals surface area contributed by atoms with E-state index in [9.17, 15) is 4.79 Å². The SMILES string of the molecule is C=N/C(=C\c1cscc1Cc1ccccc1)C(=O)OCC. The Kier molecular flexibility index (Phi) is 5.46. The van der Waals surface area contributed by atoms with Crippen LogP contribution in [0.3, 0.4) is 0 Å². The number of esters is 1. The van der Waals surface area contributed by atoms with Gasteiger partial charge in [-0.15, -0.1) is 0 Å². The topological polar surface area (TPSA) is 38.7 Å². The highest BCUT2D eigenvalue weighted by atomic mass is 32.1. The number of carbonyl (C=O) groups is 1. The molecular weight excluding hydrogens is 282 g/mol. The molecule has 0 unspecified atom stereocenters. The summed E-state index contributed by atoms with van der Waals surface area (Å²) < 4.78 is 4.96. The molecule has 0 saturated carbocycles. The molecule has 0 amide bonds. The largest absolute Gasteiger partial charge is 0.461 e. The van der Waals surface area contributed by atoms with E-state index in [1.165, 1.54) is 5.56 Å². The fourth-order valence-corrected chi connectivity index (χ4v) is 2.76. The number of aliphatic imine (C=N–C) groups is 1. The lowest BCUT2D eigenvalue weighted by atomic mass is 10.0. The first-order valence-corrected chi connectivity index (χ1v) is 7.63. The third-order valence-electron chi connectivity index (χ3n) is 2.96. The van der Waals surface area contributed by atoms with Gasteiger partial charge >= 0.3 is 5.97 Å². The van der Waals surface area contributed by atoms with Crippen molar-refractivity contribution in [2.75, 3.05) is 6.61 Å². The first-order valence-electron chi connectivity index (χ1n) is 6.69. The summed E-state index contributed by atoms with van der Waals surface area (Å²) in [5.74, 6) is -0.440. The van der Waals surface area contributed by atoms with E-state index >= 15 is 0 Å². The zero-order valence-corrected chi connectivity index (χ0v) is 12.7. The van der Waals surface area contributed by atoms with Crippen molar-refractivity contribution in [3.63, 3.8) is 0 Å². The minimum atomic E-state index is -0.440. The summed E-state index contributed by atoms with van der Waals surface area (Å²) in [5, 5.41) is 4.09. The van der Waals surface area contributed by atoms with Gasteiger partial charge in [0.25, 0.3) is 0 Å². The molecule has 108 valence electrons. The van der Waals surface area contributed by atoms with Crippen molar-refractivity contribution in [3.05, 3.63) is 63.5 Å². The first-order chi connectivity index (χ1) is 10.2. The number of benzene rings is 1. The van der Waals surface area contributed by atoms with Gasteiger partial charge in [-0.25, -0.2) is 4.79 Å². The molecule has 4 heteroatoms. The quantitative estimate of drug-likeness (QED) is 0.460. The average molecular weight is 299 g/mol. The third kappa shape index (κ3) is 4.13. The smallest absolute Gasteiger partial charge is 0.356 e. The van der Waals surface area contributed by atoms with Gasteiger partial charge in [-0.2, -0.15) is 11.3 Å². The molecule has 0 aliphatic carbocycles. The van der Waals surface area contributed by atoms with E-state index in [2.05, 4.69) is 29.2 Å². The minimum Gasteiger partial charge on any atom is -0.461 e. The van der Waals surface area contributed by atoms with Crippen LogP contribution in [0, 0.1) is 0 Å². The number of ether oxygens (including phenoxy) is 1. The summed E-state index contributed by atoms with van der Waals surface area (Å²) in [6.45, 7) is 5.54. The maximum absolute atomic E-state index is 11.7. The van der Waals surface area contributed by atoms with Crippen LogP contribution in [0.4, 0.5) is 0 Å². The maximum Gasteiger partial charge on any atom is 0.356 e. The molecule has 2 aromatic rings. The Morgan fingerprint density at radius 1 is 1.33 bits per heavy atom. The summed E-state index contributed by atoms with van der Waals surface area (Å²) in [7, 11) is 0. The predicted octanol–water partition coefficient (Wildman–Crippen LogP) is 3.94. The highest BCUT2D eigenvalue weighted by Crippen LogP contribution is 2.22. The average Bonchev–Trinajstić information content (AvgIpc) is 2.93. The molecule has 21 heavy (non-hydrogen) atoms. The van der Waals surface area contributed by atoms with Gasteiger partial charge < -0.3 is 4.74 Å². The van der Waals surface area contributed by atoms with Crippen LogP contribution in [0.25, 0.3) is 6.08 Å². The Bertz CT molecular complexity index is 644. The second-order valence-corrected chi connectivity index (χ2v) is 5.17. The van der Waals surface area contributed by atoms with Crippen molar-refractivity contribution >= 4 is 30.1 Å². The molecule has 0 N–H and O–H groups in total. The molecule has 0 radical (unpaired) electrons. The van der Waals surface area contributed by atoms with E-state index in [1.807, 2.05) is 23.6 Å². The Morgan fingerprint density at radius 2 is 2.10 bits per heavy atom. The van der Waals surface area contributed by atoms with Gasteiger partial charge in [0, 0.05) is 0 Å². The fraction of sp³-hybridized carbons (Fsp3) is 0.176. The van der Waals surface area contributed by atoms with Crippen LogP contribution in [0.1, 0.15) is 23.6 Å². The number of hydrogen-bond acceptors (Lipinski definition) is 4. The lowest BCUT2D eigenvalue weighted by Gasteiger charge is -2.03. The Hall–Kier alpha value is -2.20. The van der Waals surface area contributed by atoms with Gasteiger partial charge in [0.1, 0.15) is 5.70 Å². The number of hydrogen-bond donors (Lipinski definition) is 0. The van der Waals surface area contributed by atoms with E-state index in [-0.39, 0.29) is 5.70 Å². The molecule has 1 aromatic heterocycles. The Balaban J connectivity index is 2.23. The molecule has 0 saturated heterocycles. The van der Waals surface area contributed by atoms with Gasteiger partial charge in [-0.1, -0.05) is 30.3 Å². The normalized spacial score (nSPS) is 11.2. The maximum atomic E-state index is 11.7. The van der Waals surface area contributed by atoms with Gasteiger partial charge in [-0.3, -0.25) is 4.99 Å². The molecule has 0 aliphatic rings. The summed E-state index contributed by atoms with van der Waals surface area (Å²) in [4.78, 5) is 15.5. The standard InChI is InChI=1S/C17H17NO2S/c1-3-20-17(19)16(18-2)10-15-12-21-11-14(15)9-13-7-5-4-6-8-13/h4-8,10-12H,2-3,9H2,1H3/b16-10-. The molecule has 1 aromatic carbocycles. The van der Waals surface area contributed by atoms with Crippen LogP contribution in [-0.4, -0.2) is 19.3 Å². The molecule has 0 fully saturated rings. The van der Waals surface area contributed by atoms with E-state index in [4.69, 9.17) is 4.74 Å². The lowest BCUT2D eigenvalue weighted by Crippen LogP contribution is -2.05. The zero-order valence-electron chi connectivity index (χ0n) is 11.9. The van der Waals surface area contributed by atoms with Gasteiger partial charge in [-0.05, 0) is 53.6 Å². The van der Waals surface area contributed by atoms with Crippen molar-refractivity contribution in [2.24, 2.45) is 4.99 Å². The van der Waals surface area contributed by atoms with Crippen molar-refractivity contribution in [1.82, 2.24) is 0 Å². The molecule has 1 heterocycles. The molecule has 0 spiro atoms. The highest BCUT2D eigenvalue weighted by Gasteiger charge is 2.10. The molecule has 0 aliphatic heterocycles. The monoisotopic (exact) mass is 299 g/mol. The number of rotatable bonds is 6. The fourth-order valence-electron chi connectivity index (χ4n) is 1.94. The Labute approximate surface area is 128 Å². The number of thiophene rings is 1. The summed E-state index contributed by atoms with van der Waals surface area (Å²) in [6.07, 6.45) is 2.56. The van der Waals surface area contributed by atoms with Crippen LogP contribution in [0.2, 0.25) is 0 Å². The molecule has 0 atom stereocenters. The minimum absolute atomic E-state index is 0.240. The predicted molar refractivity (Wildman–Crippen MR) is 87.7 cm³/mol. The van der Waals surface area contributed by atoms with Crippen molar-refractivity contribution in [1.29, 1.82) is 0 Å². The van der Waals surface area contributed by atoms with E-state index < -0.39 is 5.97 Å². The molecule has 2 rings (SSSR count). The van der Waals surface area contributed by atoms with E-state index in [1.54, 1.807) is 24.3 Å². The number of carbonyl (C=O) groups excluding carboxylic acids is 1. The lowest BCUT2D eigenvalue weighted by molar-refractivity contribution is -0.138. The molecule has 0 bridgehead atoms. The highest BCUT2D eigenvalue weighted by molar-refractivity contribution is 7.08. The number of nitrogens with zero attached hydrogens (tertiary/aromatic N) is 1. The van der Waals surface area contributed by atoms with Crippen molar-refractivity contribution < 1.29 is 9.53 Å². The summed E-state index contributed by atoms with van der Waals surface area (Å²) in [5.41, 5.74) is 3.62. The summed E-state index contributed by atoms with van der Waals surface area (Å²) >= 11 is 1.60. The van der Waals surface area contributed by atoms with Crippen LogP contribution in [0.5, 0.6) is 0 Å². The zero-order chi connectivity index (χ0) is 15.1. The Morgan fingerprint density at radius 3 is 2.76 bits per heavy atom. The van der Waals surface area contributed by atoms with E-state index in [0.717, 1.165) is 17.5 Å². The summed E-state index contributed by atoms with van der Waals surface area (Å²) in [6, 6.07) is 10.2. The van der Waals surface area contributed by atoms with Crippen molar-refractivity contribution in [3.8, 4) is 0 Å². The van der Waals surface area contributed by atoms with Gasteiger partial charge in [0.2, 0.25) is 0 Å². The van der Waals surface area contributed by atoms with Crippen LogP contribution < -0.4 is 0 Å².